The minimum absolute atomic E-state index is 0.0124. The lowest BCUT2D eigenvalue weighted by molar-refractivity contribution is -0.149. The van der Waals surface area contributed by atoms with Crippen molar-refractivity contribution in [2.45, 2.75) is 30.7 Å². The number of nitrogens with zero attached hydrogens (tertiary/aromatic N) is 1. The number of benzene rings is 1. The number of hydrogen-bond donors (Lipinski definition) is 3. The van der Waals surface area contributed by atoms with Gasteiger partial charge in [-0.1, -0.05) is 18.6 Å². The minimum Gasteiger partial charge on any atom is -0.481 e. The van der Waals surface area contributed by atoms with E-state index in [-0.39, 0.29) is 29.9 Å². The van der Waals surface area contributed by atoms with E-state index >= 15 is 0 Å². The lowest BCUT2D eigenvalue weighted by Crippen LogP contribution is -2.41. The lowest BCUT2D eigenvalue weighted by Gasteiger charge is -2.23. The molecule has 1 heterocycles. The first-order valence-electron chi connectivity index (χ1n) is 8.10. The van der Waals surface area contributed by atoms with E-state index in [1.165, 1.54) is 12.1 Å². The van der Waals surface area contributed by atoms with Gasteiger partial charge < -0.3 is 15.3 Å². The zero-order valence-corrected chi connectivity index (χ0v) is 14.5. The van der Waals surface area contributed by atoms with Crippen LogP contribution in [0.2, 0.25) is 0 Å². The van der Waals surface area contributed by atoms with Crippen molar-refractivity contribution < 1.29 is 23.1 Å². The molecule has 1 aromatic carbocycles. The predicted octanol–water partition coefficient (Wildman–Crippen LogP) is 0.730. The average Bonchev–Trinajstić information content (AvgIpc) is 3.10. The van der Waals surface area contributed by atoms with E-state index in [0.29, 0.717) is 13.0 Å². The van der Waals surface area contributed by atoms with E-state index in [0.717, 1.165) is 18.4 Å². The van der Waals surface area contributed by atoms with Crippen LogP contribution in [0, 0.1) is 11.3 Å². The highest BCUT2D eigenvalue weighted by molar-refractivity contribution is 7.89. The highest BCUT2D eigenvalue weighted by Gasteiger charge is 2.55. The Kier molecular flexibility index (Phi) is 4.46. The number of likely N-dealkylation sites (tertiary alicyclic amines) is 1. The van der Waals surface area contributed by atoms with E-state index in [2.05, 4.69) is 5.32 Å². The second kappa shape index (κ2) is 6.30. The maximum atomic E-state index is 12.3. The van der Waals surface area contributed by atoms with Crippen molar-refractivity contribution in [3.8, 4) is 0 Å². The van der Waals surface area contributed by atoms with Crippen molar-refractivity contribution in [3.63, 3.8) is 0 Å². The lowest BCUT2D eigenvalue weighted by atomic mass is 9.81. The van der Waals surface area contributed by atoms with Gasteiger partial charge in [-0.15, -0.1) is 0 Å². The first kappa shape index (κ1) is 17.7. The van der Waals surface area contributed by atoms with E-state index in [1.54, 1.807) is 17.0 Å². The Morgan fingerprint density at radius 2 is 2.00 bits per heavy atom. The fraction of sp³-hybridized carbons (Fsp3) is 0.500. The Balaban J connectivity index is 1.60. The van der Waals surface area contributed by atoms with Crippen molar-refractivity contribution in [1.82, 2.24) is 10.2 Å². The minimum atomic E-state index is -3.74. The van der Waals surface area contributed by atoms with Gasteiger partial charge in [0.05, 0.1) is 10.3 Å². The smallest absolute Gasteiger partial charge is 0.317 e. The van der Waals surface area contributed by atoms with Crippen LogP contribution in [0.15, 0.2) is 29.2 Å². The van der Waals surface area contributed by atoms with Gasteiger partial charge in [0, 0.05) is 19.6 Å². The molecule has 0 radical (unpaired) electrons. The van der Waals surface area contributed by atoms with Crippen LogP contribution in [0.25, 0.3) is 0 Å². The standard InChI is InChI=1S/C16H21N3O5S/c17-25(23,24)13-5-3-11(4-6-13)8-18-15(22)19-9-12-2-1-7-16(12,10-19)14(20)21/h3-6,12H,1-2,7-10H2,(H,18,22)(H,20,21)(H2,17,23,24)/t12-,16+/m0/s1. The molecule has 4 N–H and O–H groups in total. The van der Waals surface area contributed by atoms with Gasteiger partial charge in [0.25, 0.3) is 0 Å². The normalized spacial score (nSPS) is 25.6. The molecule has 8 nitrogen and oxygen atoms in total. The molecule has 1 aliphatic carbocycles. The maximum absolute atomic E-state index is 12.3. The van der Waals surface area contributed by atoms with E-state index in [1.807, 2.05) is 0 Å². The summed E-state index contributed by atoms with van der Waals surface area (Å²) in [6.45, 7) is 0.927. The number of amides is 2. The van der Waals surface area contributed by atoms with Crippen LogP contribution < -0.4 is 10.5 Å². The molecule has 2 fully saturated rings. The first-order valence-corrected chi connectivity index (χ1v) is 9.65. The van der Waals surface area contributed by atoms with Gasteiger partial charge in [0.1, 0.15) is 0 Å². The van der Waals surface area contributed by atoms with Gasteiger partial charge in [-0.2, -0.15) is 0 Å². The topological polar surface area (TPSA) is 130 Å². The Morgan fingerprint density at radius 3 is 2.56 bits per heavy atom. The largest absolute Gasteiger partial charge is 0.481 e. The van der Waals surface area contributed by atoms with E-state index in [9.17, 15) is 23.1 Å². The summed E-state index contributed by atoms with van der Waals surface area (Å²) in [5.41, 5.74) is -0.0674. The fourth-order valence-corrected chi connectivity index (χ4v) is 4.40. The molecule has 136 valence electrons. The summed E-state index contributed by atoms with van der Waals surface area (Å²) in [5, 5.41) is 17.4. The number of urea groups is 1. The molecule has 3 rings (SSSR count). The number of carbonyl (C=O) groups is 2. The number of hydrogen-bond acceptors (Lipinski definition) is 4. The zero-order valence-electron chi connectivity index (χ0n) is 13.6. The second-order valence-electron chi connectivity index (χ2n) is 6.78. The van der Waals surface area contributed by atoms with E-state index < -0.39 is 21.4 Å². The number of carboxylic acid groups (broad SMARTS) is 1. The summed E-state index contributed by atoms with van der Waals surface area (Å²) in [4.78, 5) is 25.6. The predicted molar refractivity (Wildman–Crippen MR) is 89.0 cm³/mol. The number of sulfonamides is 1. The van der Waals surface area contributed by atoms with Crippen molar-refractivity contribution in [3.05, 3.63) is 29.8 Å². The van der Waals surface area contributed by atoms with Crippen LogP contribution in [0.3, 0.4) is 0 Å². The Labute approximate surface area is 146 Å². The molecule has 2 amide bonds. The van der Waals surface area contributed by atoms with Crippen LogP contribution >= 0.6 is 0 Å². The molecule has 1 saturated carbocycles. The van der Waals surface area contributed by atoms with Crippen LogP contribution in [0.4, 0.5) is 4.79 Å². The molecule has 1 aromatic rings. The molecule has 0 unspecified atom stereocenters. The van der Waals surface area contributed by atoms with Gasteiger partial charge in [-0.25, -0.2) is 18.4 Å². The second-order valence-corrected chi connectivity index (χ2v) is 8.34. The number of nitrogens with one attached hydrogen (secondary N) is 1. The zero-order chi connectivity index (χ0) is 18.2. The fourth-order valence-electron chi connectivity index (χ4n) is 3.88. The summed E-state index contributed by atoms with van der Waals surface area (Å²) in [6, 6.07) is 5.63. The van der Waals surface area contributed by atoms with Crippen LogP contribution in [-0.4, -0.2) is 43.5 Å². The molecular formula is C16H21N3O5S. The van der Waals surface area contributed by atoms with Gasteiger partial charge in [-0.3, -0.25) is 4.79 Å². The number of aliphatic carboxylic acids is 1. The van der Waals surface area contributed by atoms with Gasteiger partial charge >= 0.3 is 12.0 Å². The van der Waals surface area contributed by atoms with Gasteiger partial charge in [0.15, 0.2) is 0 Å². The quantitative estimate of drug-likeness (QED) is 0.722. The maximum Gasteiger partial charge on any atom is 0.317 e. The van der Waals surface area contributed by atoms with Crippen molar-refractivity contribution in [1.29, 1.82) is 0 Å². The summed E-state index contributed by atoms with van der Waals surface area (Å²) in [5.74, 6) is -0.798. The molecular weight excluding hydrogens is 346 g/mol. The molecule has 2 atom stereocenters. The Bertz CT molecular complexity index is 792. The van der Waals surface area contributed by atoms with Crippen molar-refractivity contribution in [2.24, 2.45) is 16.5 Å². The molecule has 25 heavy (non-hydrogen) atoms. The summed E-state index contributed by atoms with van der Waals surface area (Å²) < 4.78 is 22.4. The number of primary sulfonamides is 1. The number of carboxylic acids is 1. The number of fused-ring (bicyclic) bond motifs is 1. The molecule has 1 saturated heterocycles. The monoisotopic (exact) mass is 367 g/mol. The Morgan fingerprint density at radius 1 is 1.32 bits per heavy atom. The molecule has 0 aromatic heterocycles. The molecule has 0 bridgehead atoms. The number of carbonyl (C=O) groups excluding carboxylic acids is 1. The number of rotatable bonds is 4. The third-order valence-corrected chi connectivity index (χ3v) is 6.21. The number of nitrogens with two attached hydrogens (primary N) is 1. The van der Waals surface area contributed by atoms with E-state index in [4.69, 9.17) is 5.14 Å². The van der Waals surface area contributed by atoms with Gasteiger partial charge in [0.2, 0.25) is 10.0 Å². The third-order valence-electron chi connectivity index (χ3n) is 5.28. The van der Waals surface area contributed by atoms with Crippen molar-refractivity contribution in [2.75, 3.05) is 13.1 Å². The van der Waals surface area contributed by atoms with Crippen LogP contribution in [0.5, 0.6) is 0 Å². The summed E-state index contributed by atoms with van der Waals surface area (Å²) in [6.07, 6.45) is 2.35. The van der Waals surface area contributed by atoms with Crippen LogP contribution in [-0.2, 0) is 21.4 Å². The molecule has 9 heteroatoms. The average molecular weight is 367 g/mol. The third kappa shape index (κ3) is 3.34. The highest BCUT2D eigenvalue weighted by Crippen LogP contribution is 2.48. The first-order chi connectivity index (χ1) is 11.7. The van der Waals surface area contributed by atoms with Crippen molar-refractivity contribution >= 4 is 22.0 Å². The summed E-state index contributed by atoms with van der Waals surface area (Å²) in [7, 11) is -3.74. The highest BCUT2D eigenvalue weighted by atomic mass is 32.2. The Hall–Kier alpha value is -2.13. The van der Waals surface area contributed by atoms with Crippen LogP contribution in [0.1, 0.15) is 24.8 Å². The molecule has 0 spiro atoms. The molecule has 1 aliphatic heterocycles. The molecule has 2 aliphatic rings. The van der Waals surface area contributed by atoms with Gasteiger partial charge in [-0.05, 0) is 36.5 Å². The SMILES string of the molecule is NS(=O)(=O)c1ccc(CNC(=O)N2C[C@@H]3CCC[C@@]3(C(=O)O)C2)cc1. The summed E-state index contributed by atoms with van der Waals surface area (Å²) >= 11 is 0.